The Morgan fingerprint density at radius 2 is 2.17 bits per heavy atom. The Labute approximate surface area is 109 Å². The van der Waals surface area contributed by atoms with Crippen LogP contribution in [0.5, 0.6) is 0 Å². The van der Waals surface area contributed by atoms with Crippen LogP contribution in [0.4, 0.5) is 11.4 Å². The van der Waals surface area contributed by atoms with Crippen LogP contribution in [0.25, 0.3) is 0 Å². The fourth-order valence-electron chi connectivity index (χ4n) is 2.51. The van der Waals surface area contributed by atoms with Crippen molar-refractivity contribution in [1.29, 1.82) is 0 Å². The molecule has 1 aliphatic rings. The van der Waals surface area contributed by atoms with Crippen LogP contribution in [-0.4, -0.2) is 12.5 Å². The Morgan fingerprint density at radius 1 is 1.39 bits per heavy atom. The molecular weight excluding hydrogens is 224 g/mol. The van der Waals surface area contributed by atoms with E-state index in [0.717, 1.165) is 43.6 Å². The van der Waals surface area contributed by atoms with Gasteiger partial charge in [0.2, 0.25) is 5.91 Å². The molecule has 1 aromatic rings. The van der Waals surface area contributed by atoms with Crippen molar-refractivity contribution in [3.8, 4) is 0 Å². The summed E-state index contributed by atoms with van der Waals surface area (Å²) in [5, 5.41) is 6.47. The van der Waals surface area contributed by atoms with Crippen molar-refractivity contribution < 1.29 is 4.79 Å². The Kier molecular flexibility index (Phi) is 4.24. The molecular formula is C15H22N2O. The molecule has 0 unspecified atom stereocenters. The van der Waals surface area contributed by atoms with Crippen LogP contribution in [0.15, 0.2) is 18.2 Å². The third-order valence-electron chi connectivity index (χ3n) is 3.69. The van der Waals surface area contributed by atoms with E-state index in [2.05, 4.69) is 30.5 Å². The van der Waals surface area contributed by atoms with Crippen molar-refractivity contribution in [3.63, 3.8) is 0 Å². The van der Waals surface area contributed by atoms with Gasteiger partial charge in [-0.15, -0.1) is 0 Å². The minimum atomic E-state index is 0.115. The molecule has 2 N–H and O–H groups in total. The van der Waals surface area contributed by atoms with E-state index in [-0.39, 0.29) is 11.8 Å². The maximum atomic E-state index is 12.1. The van der Waals surface area contributed by atoms with Crippen molar-refractivity contribution in [2.75, 3.05) is 17.2 Å². The monoisotopic (exact) mass is 246 g/mol. The maximum absolute atomic E-state index is 12.1. The number of fused-ring (bicyclic) bond motifs is 1. The van der Waals surface area contributed by atoms with E-state index in [9.17, 15) is 4.79 Å². The molecule has 0 saturated heterocycles. The predicted octanol–water partition coefficient (Wildman–Crippen LogP) is 3.42. The number of carbonyl (C=O) groups excluding carboxylic acids is 1. The molecule has 3 heteroatoms. The van der Waals surface area contributed by atoms with Crippen LogP contribution in [0.3, 0.4) is 0 Å². The Hall–Kier alpha value is -1.51. The zero-order valence-electron chi connectivity index (χ0n) is 11.3. The molecule has 0 saturated carbocycles. The van der Waals surface area contributed by atoms with Crippen LogP contribution in [0.1, 0.15) is 38.7 Å². The molecule has 0 bridgehead atoms. The minimum absolute atomic E-state index is 0.115. The van der Waals surface area contributed by atoms with Crippen LogP contribution in [0, 0.1) is 5.92 Å². The maximum Gasteiger partial charge on any atom is 0.227 e. The van der Waals surface area contributed by atoms with E-state index >= 15 is 0 Å². The third-order valence-corrected chi connectivity index (χ3v) is 3.69. The number of hydrogen-bond acceptors (Lipinski definition) is 2. The van der Waals surface area contributed by atoms with Crippen molar-refractivity contribution in [1.82, 2.24) is 0 Å². The molecule has 1 amide bonds. The summed E-state index contributed by atoms with van der Waals surface area (Å²) in [6, 6.07) is 6.14. The van der Waals surface area contributed by atoms with Gasteiger partial charge in [-0.05, 0) is 37.3 Å². The molecule has 0 atom stereocenters. The van der Waals surface area contributed by atoms with Crippen LogP contribution in [-0.2, 0) is 11.2 Å². The van der Waals surface area contributed by atoms with Gasteiger partial charge in [0.05, 0.1) is 11.4 Å². The molecule has 1 aliphatic heterocycles. The highest BCUT2D eigenvalue weighted by molar-refractivity contribution is 5.96. The molecule has 3 nitrogen and oxygen atoms in total. The summed E-state index contributed by atoms with van der Waals surface area (Å²) < 4.78 is 0. The third kappa shape index (κ3) is 2.66. The Bertz CT molecular complexity index is 425. The van der Waals surface area contributed by atoms with E-state index in [0.29, 0.717) is 0 Å². The normalized spacial score (nSPS) is 13.9. The first-order chi connectivity index (χ1) is 8.76. The lowest BCUT2D eigenvalue weighted by Gasteiger charge is -2.22. The standard InChI is InChI=1S/C15H22N2O/c1-3-11(4-2)15(18)17-13-9-5-7-12-8-6-10-16-14(12)13/h5,7,9,11,16H,3-4,6,8,10H2,1-2H3,(H,17,18). The van der Waals surface area contributed by atoms with Gasteiger partial charge in [0.25, 0.3) is 0 Å². The van der Waals surface area contributed by atoms with Crippen molar-refractivity contribution in [2.45, 2.75) is 39.5 Å². The SMILES string of the molecule is CCC(CC)C(=O)Nc1cccc2c1NCCC2. The largest absolute Gasteiger partial charge is 0.383 e. The highest BCUT2D eigenvalue weighted by atomic mass is 16.1. The summed E-state index contributed by atoms with van der Waals surface area (Å²) in [4.78, 5) is 12.1. The van der Waals surface area contributed by atoms with E-state index in [1.807, 2.05) is 12.1 Å². The van der Waals surface area contributed by atoms with Crippen LogP contribution >= 0.6 is 0 Å². The average Bonchev–Trinajstić information content (AvgIpc) is 2.40. The fraction of sp³-hybridized carbons (Fsp3) is 0.533. The number of carbonyl (C=O) groups is 1. The molecule has 0 aliphatic carbocycles. The highest BCUT2D eigenvalue weighted by Gasteiger charge is 2.18. The molecule has 0 spiro atoms. The lowest BCUT2D eigenvalue weighted by Crippen LogP contribution is -2.23. The second-order valence-corrected chi connectivity index (χ2v) is 4.87. The Morgan fingerprint density at radius 3 is 2.89 bits per heavy atom. The first-order valence-electron chi connectivity index (χ1n) is 6.92. The van der Waals surface area contributed by atoms with Gasteiger partial charge in [-0.2, -0.15) is 0 Å². The number of para-hydroxylation sites is 1. The molecule has 1 aromatic carbocycles. The molecule has 0 fully saturated rings. The molecule has 1 heterocycles. The summed E-state index contributed by atoms with van der Waals surface area (Å²) in [6.07, 6.45) is 4.05. The van der Waals surface area contributed by atoms with E-state index in [1.54, 1.807) is 0 Å². The predicted molar refractivity (Wildman–Crippen MR) is 76.0 cm³/mol. The molecule has 0 radical (unpaired) electrons. The summed E-state index contributed by atoms with van der Waals surface area (Å²) in [5.41, 5.74) is 3.36. The van der Waals surface area contributed by atoms with Gasteiger partial charge in [0.1, 0.15) is 0 Å². The lowest BCUT2D eigenvalue weighted by atomic mass is 10.0. The molecule has 98 valence electrons. The molecule has 2 rings (SSSR count). The summed E-state index contributed by atoms with van der Waals surface area (Å²) in [5.74, 6) is 0.255. The van der Waals surface area contributed by atoms with Gasteiger partial charge in [-0.25, -0.2) is 0 Å². The van der Waals surface area contributed by atoms with Crippen molar-refractivity contribution >= 4 is 17.3 Å². The van der Waals surface area contributed by atoms with Crippen LogP contribution in [0.2, 0.25) is 0 Å². The number of amides is 1. The highest BCUT2D eigenvalue weighted by Crippen LogP contribution is 2.30. The summed E-state index contributed by atoms with van der Waals surface area (Å²) >= 11 is 0. The Balaban J connectivity index is 2.16. The second-order valence-electron chi connectivity index (χ2n) is 4.87. The number of nitrogens with one attached hydrogen (secondary N) is 2. The number of aryl methyl sites for hydroxylation is 1. The van der Waals surface area contributed by atoms with Gasteiger partial charge >= 0.3 is 0 Å². The van der Waals surface area contributed by atoms with Crippen molar-refractivity contribution in [3.05, 3.63) is 23.8 Å². The summed E-state index contributed by atoms with van der Waals surface area (Å²) in [7, 11) is 0. The van der Waals surface area contributed by atoms with Gasteiger partial charge in [-0.1, -0.05) is 26.0 Å². The topological polar surface area (TPSA) is 41.1 Å². The smallest absolute Gasteiger partial charge is 0.227 e. The second kappa shape index (κ2) is 5.89. The fourth-order valence-corrected chi connectivity index (χ4v) is 2.51. The first kappa shape index (κ1) is 12.9. The number of benzene rings is 1. The average molecular weight is 246 g/mol. The van der Waals surface area contributed by atoms with Crippen molar-refractivity contribution in [2.24, 2.45) is 5.92 Å². The zero-order chi connectivity index (χ0) is 13.0. The first-order valence-corrected chi connectivity index (χ1v) is 6.92. The van der Waals surface area contributed by atoms with Gasteiger partial charge in [0.15, 0.2) is 0 Å². The number of anilines is 2. The van der Waals surface area contributed by atoms with E-state index in [1.165, 1.54) is 5.56 Å². The minimum Gasteiger partial charge on any atom is -0.383 e. The van der Waals surface area contributed by atoms with Gasteiger partial charge < -0.3 is 10.6 Å². The lowest BCUT2D eigenvalue weighted by molar-refractivity contribution is -0.120. The van der Waals surface area contributed by atoms with E-state index < -0.39 is 0 Å². The van der Waals surface area contributed by atoms with Gasteiger partial charge in [-0.3, -0.25) is 4.79 Å². The zero-order valence-corrected chi connectivity index (χ0v) is 11.3. The quantitative estimate of drug-likeness (QED) is 0.854. The molecule has 0 aromatic heterocycles. The van der Waals surface area contributed by atoms with Crippen LogP contribution < -0.4 is 10.6 Å². The number of rotatable bonds is 4. The van der Waals surface area contributed by atoms with E-state index in [4.69, 9.17) is 0 Å². The molecule has 18 heavy (non-hydrogen) atoms. The summed E-state index contributed by atoms with van der Waals surface area (Å²) in [6.45, 7) is 5.11. The van der Waals surface area contributed by atoms with Gasteiger partial charge in [0, 0.05) is 12.5 Å². The number of hydrogen-bond donors (Lipinski definition) is 2.